The Labute approximate surface area is 311 Å². The lowest BCUT2D eigenvalue weighted by molar-refractivity contribution is 1.07. The van der Waals surface area contributed by atoms with Crippen LogP contribution in [0.4, 0.5) is 0 Å². The van der Waals surface area contributed by atoms with Gasteiger partial charge in [0.05, 0.1) is 16.6 Å². The molecule has 0 unspecified atom stereocenters. The van der Waals surface area contributed by atoms with Crippen molar-refractivity contribution in [3.8, 4) is 17.2 Å². The molecule has 0 radical (unpaired) electrons. The van der Waals surface area contributed by atoms with Crippen molar-refractivity contribution in [1.82, 2.24) is 14.5 Å². The van der Waals surface area contributed by atoms with Crippen LogP contribution in [-0.4, -0.2) is 14.5 Å². The van der Waals surface area contributed by atoms with E-state index in [9.17, 15) is 0 Å². The number of para-hydroxylation sites is 2. The number of allylic oxidation sites excluding steroid dienone is 4. The van der Waals surface area contributed by atoms with E-state index in [1.807, 2.05) is 87.6 Å². The van der Waals surface area contributed by atoms with Gasteiger partial charge in [-0.3, -0.25) is 4.57 Å². The predicted molar refractivity (Wildman–Crippen MR) is 229 cm³/mol. The molecule has 0 bridgehead atoms. The quantitative estimate of drug-likeness (QED) is 0.169. The highest BCUT2D eigenvalue weighted by atomic mass is 32.1. The maximum atomic E-state index is 5.09. The molecule has 0 fully saturated rings. The van der Waals surface area contributed by atoms with Gasteiger partial charge in [-0.15, -0.1) is 11.3 Å². The molecule has 4 heteroatoms. The van der Waals surface area contributed by atoms with Gasteiger partial charge in [0.25, 0.3) is 0 Å². The van der Waals surface area contributed by atoms with Crippen LogP contribution >= 0.6 is 11.3 Å². The first kappa shape index (κ1) is 36.0. The van der Waals surface area contributed by atoms with E-state index >= 15 is 0 Å². The van der Waals surface area contributed by atoms with Crippen molar-refractivity contribution in [2.45, 2.75) is 41.5 Å². The molecule has 3 heterocycles. The second-order valence-electron chi connectivity index (χ2n) is 12.5. The van der Waals surface area contributed by atoms with Gasteiger partial charge >= 0.3 is 0 Å². The second kappa shape index (κ2) is 16.9. The molecule has 6 aromatic carbocycles. The molecule has 0 amide bonds. The Kier molecular flexibility index (Phi) is 11.7. The van der Waals surface area contributed by atoms with Crippen LogP contribution < -0.4 is 0 Å². The molecule has 52 heavy (non-hydrogen) atoms. The normalized spacial score (nSPS) is 11.1. The number of thiophene rings is 1. The van der Waals surface area contributed by atoms with Gasteiger partial charge in [0.15, 0.2) is 5.82 Å². The molecule has 0 spiro atoms. The fraction of sp³-hybridized carbons (Fsp3) is 0.125. The summed E-state index contributed by atoms with van der Waals surface area (Å²) in [4.78, 5) is 9.95. The summed E-state index contributed by atoms with van der Waals surface area (Å²) in [6.45, 7) is 12.3. The van der Waals surface area contributed by atoms with E-state index in [-0.39, 0.29) is 0 Å². The lowest BCUT2D eigenvalue weighted by Gasteiger charge is -2.12. The summed E-state index contributed by atoms with van der Waals surface area (Å²) < 4.78 is 5.09. The van der Waals surface area contributed by atoms with E-state index in [0.717, 1.165) is 39.1 Å². The third-order valence-corrected chi connectivity index (χ3v) is 10.2. The smallest absolute Gasteiger partial charge is 0.162 e. The summed E-state index contributed by atoms with van der Waals surface area (Å²) in [5.41, 5.74) is 6.90. The largest absolute Gasteiger partial charge is 0.293 e. The summed E-state index contributed by atoms with van der Waals surface area (Å²) in [6, 6.07) is 48.7. The highest BCUT2D eigenvalue weighted by Gasteiger charge is 2.17. The van der Waals surface area contributed by atoms with Crippen LogP contribution in [0.1, 0.15) is 38.8 Å². The Morgan fingerprint density at radius 2 is 1.10 bits per heavy atom. The molecule has 9 aromatic rings. The first-order chi connectivity index (χ1) is 25.5. The molecule has 258 valence electrons. The highest BCUT2D eigenvalue weighted by molar-refractivity contribution is 7.26. The highest BCUT2D eigenvalue weighted by Crippen LogP contribution is 2.36. The molecule has 0 aliphatic heterocycles. The number of aromatic nitrogens is 3. The molecule has 0 aliphatic carbocycles. The second-order valence-corrected chi connectivity index (χ2v) is 13.6. The number of fused-ring (bicyclic) bond motifs is 7. The van der Waals surface area contributed by atoms with Crippen LogP contribution in [0, 0.1) is 13.8 Å². The molecule has 0 saturated heterocycles. The van der Waals surface area contributed by atoms with Gasteiger partial charge in [0, 0.05) is 41.9 Å². The molecule has 0 aliphatic rings. The van der Waals surface area contributed by atoms with E-state index in [2.05, 4.69) is 134 Å². The Hall–Kier alpha value is -5.84. The van der Waals surface area contributed by atoms with Crippen LogP contribution in [0.25, 0.3) is 70.1 Å². The van der Waals surface area contributed by atoms with Gasteiger partial charge in [-0.25, -0.2) is 9.97 Å². The third-order valence-electron chi connectivity index (χ3n) is 8.92. The topological polar surface area (TPSA) is 30.7 Å². The average molecular weight is 696 g/mol. The van der Waals surface area contributed by atoms with Crippen molar-refractivity contribution in [1.29, 1.82) is 0 Å². The number of hydrogen-bond donors (Lipinski definition) is 0. The third kappa shape index (κ3) is 7.58. The van der Waals surface area contributed by atoms with Gasteiger partial charge in [-0.05, 0) is 83.5 Å². The Bertz CT molecular complexity index is 2620. The summed E-state index contributed by atoms with van der Waals surface area (Å²) in [5, 5.41) is 6.30. The Balaban J connectivity index is 0.000000174. The minimum atomic E-state index is 0.738. The monoisotopic (exact) mass is 695 g/mol. The molecule has 9 rings (SSSR count). The zero-order chi connectivity index (χ0) is 36.5. The number of benzene rings is 6. The minimum absolute atomic E-state index is 0.738. The van der Waals surface area contributed by atoms with Crippen molar-refractivity contribution in [2.75, 3.05) is 0 Å². The molecule has 3 aromatic heterocycles. The maximum Gasteiger partial charge on any atom is 0.162 e. The number of nitrogens with zero attached hydrogens (tertiary/aromatic N) is 3. The fourth-order valence-corrected chi connectivity index (χ4v) is 7.32. The van der Waals surface area contributed by atoms with Crippen LogP contribution in [-0.2, 0) is 0 Å². The van der Waals surface area contributed by atoms with E-state index in [1.165, 1.54) is 42.1 Å². The van der Waals surface area contributed by atoms with E-state index in [4.69, 9.17) is 9.97 Å². The molecule has 3 nitrogen and oxygen atoms in total. The van der Waals surface area contributed by atoms with Crippen LogP contribution in [0.3, 0.4) is 0 Å². The Morgan fingerprint density at radius 1 is 0.500 bits per heavy atom. The van der Waals surface area contributed by atoms with Gasteiger partial charge < -0.3 is 0 Å². The summed E-state index contributed by atoms with van der Waals surface area (Å²) in [5.74, 6) is 1.65. The van der Waals surface area contributed by atoms with E-state index < -0.39 is 0 Å². The van der Waals surface area contributed by atoms with Crippen molar-refractivity contribution in [2.24, 2.45) is 0 Å². The molecular formula is C48H45N3S. The first-order valence-electron chi connectivity index (χ1n) is 17.8. The Morgan fingerprint density at radius 3 is 1.83 bits per heavy atom. The predicted octanol–water partition coefficient (Wildman–Crippen LogP) is 14.2. The van der Waals surface area contributed by atoms with Crippen molar-refractivity contribution in [3.63, 3.8) is 0 Å². The van der Waals surface area contributed by atoms with Crippen molar-refractivity contribution >= 4 is 64.2 Å². The molecule has 0 N–H and O–H groups in total. The van der Waals surface area contributed by atoms with Crippen molar-refractivity contribution in [3.05, 3.63) is 175 Å². The lowest BCUT2D eigenvalue weighted by atomic mass is 10.1. The molecular weight excluding hydrogens is 651 g/mol. The summed E-state index contributed by atoms with van der Waals surface area (Å²) >= 11 is 1.89. The maximum absolute atomic E-state index is 5.09. The van der Waals surface area contributed by atoms with Gasteiger partial charge in [0.2, 0.25) is 0 Å². The van der Waals surface area contributed by atoms with E-state index in [1.54, 1.807) is 0 Å². The first-order valence-corrected chi connectivity index (χ1v) is 18.6. The summed E-state index contributed by atoms with van der Waals surface area (Å²) in [6.07, 6.45) is 8.00. The van der Waals surface area contributed by atoms with Crippen LogP contribution in [0.15, 0.2) is 164 Å². The zero-order valence-electron chi connectivity index (χ0n) is 30.8. The van der Waals surface area contributed by atoms with Crippen LogP contribution in [0.5, 0.6) is 0 Å². The number of rotatable bonds is 2. The standard InChI is InChI=1S/C27H19N3.C13H10S.2C4H8/c1-18-15-16-25-22(17-18)20-11-6-8-14-24(20)30(25)27-21-12-5-7-13-23(21)28-26(29-27)19-9-3-2-4-10-19;1-9-5-4-7-11-10-6-2-3-8-12(10)14-13(9)11;2*1-3-4-2/h2-17H,1H3;2-8H,1H3;2*3-4H,1-2H3/b;;2*4-3-. The summed E-state index contributed by atoms with van der Waals surface area (Å²) in [7, 11) is 0. The van der Waals surface area contributed by atoms with Crippen molar-refractivity contribution < 1.29 is 0 Å². The SMILES string of the molecule is C/C=C\C.C/C=C\C.Cc1ccc2c(c1)c1ccccc1n2-c1nc(-c2ccccc2)nc2ccccc12.Cc1cccc2c1sc1ccccc12. The average Bonchev–Trinajstić information content (AvgIpc) is 3.75. The van der Waals surface area contributed by atoms with Crippen LogP contribution in [0.2, 0.25) is 0 Å². The lowest BCUT2D eigenvalue weighted by Crippen LogP contribution is -2.02. The fourth-order valence-electron chi connectivity index (χ4n) is 6.15. The zero-order valence-corrected chi connectivity index (χ0v) is 31.7. The molecule has 0 atom stereocenters. The van der Waals surface area contributed by atoms with Gasteiger partial charge in [0.1, 0.15) is 5.82 Å². The number of hydrogen-bond acceptors (Lipinski definition) is 3. The van der Waals surface area contributed by atoms with Gasteiger partial charge in [-0.2, -0.15) is 0 Å². The molecule has 0 saturated carbocycles. The van der Waals surface area contributed by atoms with E-state index in [0.29, 0.717) is 0 Å². The minimum Gasteiger partial charge on any atom is -0.293 e. The number of aryl methyl sites for hydroxylation is 2. The van der Waals surface area contributed by atoms with Gasteiger partial charge in [-0.1, -0.05) is 133 Å².